The van der Waals surface area contributed by atoms with Crippen LogP contribution in [-0.4, -0.2) is 34.2 Å². The summed E-state index contributed by atoms with van der Waals surface area (Å²) in [4.78, 5) is 15.9. The topological polar surface area (TPSA) is 48.4 Å². The first kappa shape index (κ1) is 20.4. The van der Waals surface area contributed by atoms with Crippen LogP contribution in [0.3, 0.4) is 0 Å². The fourth-order valence-corrected chi connectivity index (χ4v) is 3.58. The van der Waals surface area contributed by atoms with Crippen molar-refractivity contribution in [2.45, 2.75) is 45.8 Å². The van der Waals surface area contributed by atoms with Crippen molar-refractivity contribution in [1.82, 2.24) is 4.98 Å². The van der Waals surface area contributed by atoms with E-state index in [0.29, 0.717) is 10.8 Å². The SMILES string of the molecule is CC(=O)SCC(=Cc1ccnc2cc(Cl)ccc12)B1OC(C)(C)C(C)(C)O1. The number of carbonyl (C=O) groups excluding carboxylic acids is 1. The molecule has 0 aliphatic carbocycles. The zero-order valence-corrected chi connectivity index (χ0v) is 17.8. The van der Waals surface area contributed by atoms with E-state index in [9.17, 15) is 4.79 Å². The van der Waals surface area contributed by atoms with Crippen LogP contribution in [0.4, 0.5) is 0 Å². The molecule has 1 fully saturated rings. The average Bonchev–Trinajstić information content (AvgIpc) is 2.78. The predicted molar refractivity (Wildman–Crippen MR) is 114 cm³/mol. The van der Waals surface area contributed by atoms with Crippen molar-refractivity contribution in [3.8, 4) is 0 Å². The number of carbonyl (C=O) groups is 1. The van der Waals surface area contributed by atoms with Gasteiger partial charge in [0.15, 0.2) is 5.12 Å². The molecule has 0 radical (unpaired) electrons. The second-order valence-corrected chi connectivity index (χ2v) is 9.24. The van der Waals surface area contributed by atoms with Crippen molar-refractivity contribution in [3.63, 3.8) is 0 Å². The minimum absolute atomic E-state index is 0.0591. The maximum atomic E-state index is 11.5. The lowest BCUT2D eigenvalue weighted by molar-refractivity contribution is -0.109. The van der Waals surface area contributed by atoms with Crippen LogP contribution in [0.2, 0.25) is 5.02 Å². The fourth-order valence-electron chi connectivity index (χ4n) is 2.83. The molecule has 1 saturated heterocycles. The number of thioether (sulfide) groups is 1. The van der Waals surface area contributed by atoms with Gasteiger partial charge in [0.2, 0.25) is 0 Å². The van der Waals surface area contributed by atoms with E-state index in [1.165, 1.54) is 11.8 Å². The first-order valence-corrected chi connectivity index (χ1v) is 10.2. The Balaban J connectivity index is 2.03. The van der Waals surface area contributed by atoms with Gasteiger partial charge >= 0.3 is 7.12 Å². The lowest BCUT2D eigenvalue weighted by Crippen LogP contribution is -2.41. The van der Waals surface area contributed by atoms with Crippen LogP contribution >= 0.6 is 23.4 Å². The Morgan fingerprint density at radius 3 is 2.52 bits per heavy atom. The summed E-state index contributed by atoms with van der Waals surface area (Å²) in [7, 11) is -0.502. The van der Waals surface area contributed by atoms with Gasteiger partial charge in [0.25, 0.3) is 0 Å². The Labute approximate surface area is 169 Å². The highest BCUT2D eigenvalue weighted by Gasteiger charge is 2.52. The van der Waals surface area contributed by atoms with Crippen LogP contribution in [-0.2, 0) is 14.1 Å². The number of halogens is 1. The molecular weight excluding hydrogens is 381 g/mol. The van der Waals surface area contributed by atoms with E-state index in [4.69, 9.17) is 20.9 Å². The van der Waals surface area contributed by atoms with Crippen molar-refractivity contribution < 1.29 is 14.1 Å². The Morgan fingerprint density at radius 2 is 1.89 bits per heavy atom. The summed E-state index contributed by atoms with van der Waals surface area (Å²) < 4.78 is 12.4. The van der Waals surface area contributed by atoms with E-state index in [0.717, 1.165) is 21.9 Å². The highest BCUT2D eigenvalue weighted by Crippen LogP contribution is 2.39. The molecule has 7 heteroatoms. The van der Waals surface area contributed by atoms with Gasteiger partial charge in [-0.1, -0.05) is 35.5 Å². The van der Waals surface area contributed by atoms with Gasteiger partial charge in [0.1, 0.15) is 0 Å². The molecule has 3 rings (SSSR count). The molecule has 0 spiro atoms. The summed E-state index contributed by atoms with van der Waals surface area (Å²) in [6.45, 7) is 9.65. The molecule has 0 amide bonds. The molecule has 1 aromatic heterocycles. The van der Waals surface area contributed by atoms with Gasteiger partial charge in [0, 0.05) is 29.3 Å². The van der Waals surface area contributed by atoms with Crippen molar-refractivity contribution in [1.29, 1.82) is 0 Å². The molecule has 1 aliphatic rings. The largest absolute Gasteiger partial charge is 0.491 e. The molecule has 0 atom stereocenters. The number of rotatable bonds is 4. The number of fused-ring (bicyclic) bond motifs is 1. The minimum atomic E-state index is -0.502. The number of nitrogens with zero attached hydrogens (tertiary/aromatic N) is 1. The molecule has 1 aliphatic heterocycles. The monoisotopic (exact) mass is 403 g/mol. The van der Waals surface area contributed by atoms with E-state index in [2.05, 4.69) is 4.98 Å². The molecule has 142 valence electrons. The van der Waals surface area contributed by atoms with Crippen LogP contribution in [0.25, 0.3) is 17.0 Å². The van der Waals surface area contributed by atoms with Crippen molar-refractivity contribution in [2.24, 2.45) is 0 Å². The minimum Gasteiger partial charge on any atom is -0.400 e. The third kappa shape index (κ3) is 4.40. The summed E-state index contributed by atoms with van der Waals surface area (Å²) in [5.41, 5.74) is 1.85. The van der Waals surface area contributed by atoms with Crippen molar-refractivity contribution >= 4 is 52.6 Å². The van der Waals surface area contributed by atoms with Crippen LogP contribution in [0.5, 0.6) is 0 Å². The Morgan fingerprint density at radius 1 is 1.22 bits per heavy atom. The van der Waals surface area contributed by atoms with E-state index in [1.807, 2.05) is 58.0 Å². The van der Waals surface area contributed by atoms with Crippen LogP contribution in [0.15, 0.2) is 35.9 Å². The lowest BCUT2D eigenvalue weighted by Gasteiger charge is -2.32. The van der Waals surface area contributed by atoms with Gasteiger partial charge < -0.3 is 9.31 Å². The molecule has 1 aromatic carbocycles. The van der Waals surface area contributed by atoms with Gasteiger partial charge in [0.05, 0.1) is 16.7 Å². The number of pyridine rings is 1. The van der Waals surface area contributed by atoms with Gasteiger partial charge in [-0.2, -0.15) is 0 Å². The summed E-state index contributed by atoms with van der Waals surface area (Å²) in [6.07, 6.45) is 3.79. The highest BCUT2D eigenvalue weighted by molar-refractivity contribution is 8.13. The normalized spacial score (nSPS) is 18.9. The molecule has 27 heavy (non-hydrogen) atoms. The Kier molecular flexibility index (Phi) is 5.73. The number of aromatic nitrogens is 1. The molecule has 0 N–H and O–H groups in total. The second kappa shape index (κ2) is 7.59. The summed E-state index contributed by atoms with van der Waals surface area (Å²) >= 11 is 7.34. The predicted octanol–water partition coefficient (Wildman–Crippen LogP) is 5.18. The van der Waals surface area contributed by atoms with E-state index in [1.54, 1.807) is 13.1 Å². The molecule has 0 bridgehead atoms. The number of hydrogen-bond donors (Lipinski definition) is 0. The zero-order chi connectivity index (χ0) is 19.8. The molecule has 0 saturated carbocycles. The summed E-state index contributed by atoms with van der Waals surface area (Å²) in [5, 5.41) is 1.70. The van der Waals surface area contributed by atoms with Crippen molar-refractivity contribution in [2.75, 3.05) is 5.75 Å². The molecule has 2 aromatic rings. The first-order valence-electron chi connectivity index (χ1n) is 8.83. The maximum absolute atomic E-state index is 11.5. The highest BCUT2D eigenvalue weighted by atomic mass is 35.5. The fraction of sp³-hybridized carbons (Fsp3) is 0.400. The zero-order valence-electron chi connectivity index (χ0n) is 16.2. The molecule has 4 nitrogen and oxygen atoms in total. The first-order chi connectivity index (χ1) is 12.6. The Hall–Kier alpha value is -1.34. The van der Waals surface area contributed by atoms with E-state index < -0.39 is 18.3 Å². The molecule has 2 heterocycles. The summed E-state index contributed by atoms with van der Waals surface area (Å²) in [6, 6.07) is 7.59. The standard InChI is InChI=1S/C20H23BClNO3S/c1-13(24)27-12-15(21-25-19(2,3)20(4,5)26-21)10-14-8-9-23-18-11-16(22)6-7-17(14)18/h6-11H,12H2,1-5H3. The average molecular weight is 404 g/mol. The maximum Gasteiger partial charge on any atom is 0.491 e. The van der Waals surface area contributed by atoms with Gasteiger partial charge in [-0.05, 0) is 56.9 Å². The number of benzene rings is 1. The molecule has 0 unspecified atom stereocenters. The van der Waals surface area contributed by atoms with E-state index in [-0.39, 0.29) is 5.12 Å². The Bertz CT molecular complexity index is 897. The van der Waals surface area contributed by atoms with Crippen LogP contribution in [0, 0.1) is 0 Å². The summed E-state index contributed by atoms with van der Waals surface area (Å²) in [5.74, 6) is 0.504. The second-order valence-electron chi connectivity index (χ2n) is 7.65. The number of hydrogen-bond acceptors (Lipinski definition) is 5. The third-order valence-corrected chi connectivity index (χ3v) is 6.20. The van der Waals surface area contributed by atoms with Crippen LogP contribution < -0.4 is 0 Å². The van der Waals surface area contributed by atoms with E-state index >= 15 is 0 Å². The van der Waals surface area contributed by atoms with Gasteiger partial charge in [-0.3, -0.25) is 9.78 Å². The molecular formula is C20H23BClNO3S. The lowest BCUT2D eigenvalue weighted by atomic mass is 9.78. The quantitative estimate of drug-likeness (QED) is 0.658. The van der Waals surface area contributed by atoms with Gasteiger partial charge in [-0.25, -0.2) is 0 Å². The third-order valence-electron chi connectivity index (χ3n) is 5.08. The van der Waals surface area contributed by atoms with Crippen LogP contribution in [0.1, 0.15) is 40.2 Å². The van der Waals surface area contributed by atoms with Gasteiger partial charge in [-0.15, -0.1) is 0 Å². The smallest absolute Gasteiger partial charge is 0.400 e. The van der Waals surface area contributed by atoms with Crippen molar-refractivity contribution in [3.05, 3.63) is 46.5 Å².